The zero-order valence-corrected chi connectivity index (χ0v) is 7.79. The average Bonchev–Trinajstić information content (AvgIpc) is 2.48. The van der Waals surface area contributed by atoms with Crippen LogP contribution < -0.4 is 10.8 Å². The Labute approximate surface area is 78.1 Å². The molecule has 0 aromatic heterocycles. The Bertz CT molecular complexity index is 312. The van der Waals surface area contributed by atoms with Gasteiger partial charge >= 0.3 is 0 Å². The lowest BCUT2D eigenvalue weighted by Gasteiger charge is -2.11. The molecule has 70 valence electrons. The van der Waals surface area contributed by atoms with E-state index in [1.165, 1.54) is 11.3 Å². The van der Waals surface area contributed by atoms with Gasteiger partial charge in [-0.3, -0.25) is 4.84 Å². The smallest absolute Gasteiger partial charge is 0.0930 e. The summed E-state index contributed by atoms with van der Waals surface area (Å²) in [5.74, 6) is 5.02. The number of hydrogen-bond acceptors (Lipinski definition) is 3. The molecular formula is C10H14N2O. The Hall–Kier alpha value is -1.06. The molecule has 1 heterocycles. The number of rotatable bonds is 2. The summed E-state index contributed by atoms with van der Waals surface area (Å²) in [6, 6.07) is 6.37. The van der Waals surface area contributed by atoms with Crippen molar-refractivity contribution in [2.45, 2.75) is 13.0 Å². The highest BCUT2D eigenvalue weighted by Gasteiger charge is 2.15. The zero-order valence-electron chi connectivity index (χ0n) is 7.79. The lowest BCUT2D eigenvalue weighted by Crippen LogP contribution is -2.12. The van der Waals surface area contributed by atoms with E-state index in [-0.39, 0.29) is 0 Å². The fraction of sp³-hybridized carbons (Fsp3) is 0.400. The van der Waals surface area contributed by atoms with Crippen LogP contribution in [0.2, 0.25) is 0 Å². The third kappa shape index (κ3) is 1.53. The molecule has 0 saturated carbocycles. The maximum absolute atomic E-state index is 5.02. The van der Waals surface area contributed by atoms with Crippen LogP contribution in [0.15, 0.2) is 18.2 Å². The molecular weight excluding hydrogens is 164 g/mol. The number of nitrogens with two attached hydrogens (primary N) is 1. The number of anilines is 1. The Kier molecular flexibility index (Phi) is 2.20. The van der Waals surface area contributed by atoms with Gasteiger partial charge < -0.3 is 4.90 Å². The first-order valence-electron chi connectivity index (χ1n) is 4.46. The van der Waals surface area contributed by atoms with Crippen molar-refractivity contribution < 1.29 is 4.84 Å². The van der Waals surface area contributed by atoms with Gasteiger partial charge in [0.2, 0.25) is 0 Å². The standard InChI is InChI=1S/C10H14N2O/c1-12-5-4-9-6-8(7-13-11)2-3-10(9)12/h2-3,6H,4-5,7,11H2,1H3. The molecule has 0 bridgehead atoms. The first-order chi connectivity index (χ1) is 6.31. The second-order valence-electron chi connectivity index (χ2n) is 3.45. The third-order valence-electron chi connectivity index (χ3n) is 2.52. The van der Waals surface area contributed by atoms with Gasteiger partial charge in [0.25, 0.3) is 0 Å². The Balaban J connectivity index is 2.29. The van der Waals surface area contributed by atoms with Gasteiger partial charge in [-0.2, -0.15) is 0 Å². The number of fused-ring (bicyclic) bond motifs is 1. The number of likely N-dealkylation sites (N-methyl/N-ethyl adjacent to an activating group) is 1. The van der Waals surface area contributed by atoms with Gasteiger partial charge in [0.05, 0.1) is 6.61 Å². The number of benzene rings is 1. The Morgan fingerprint density at radius 3 is 3.15 bits per heavy atom. The van der Waals surface area contributed by atoms with Crippen molar-refractivity contribution in [3.05, 3.63) is 29.3 Å². The molecule has 1 aliphatic heterocycles. The van der Waals surface area contributed by atoms with Crippen LogP contribution in [-0.4, -0.2) is 13.6 Å². The minimum absolute atomic E-state index is 0.497. The van der Waals surface area contributed by atoms with Crippen molar-refractivity contribution in [2.24, 2.45) is 5.90 Å². The van der Waals surface area contributed by atoms with Gasteiger partial charge in [0.15, 0.2) is 0 Å². The molecule has 13 heavy (non-hydrogen) atoms. The minimum Gasteiger partial charge on any atom is -0.374 e. The molecule has 0 amide bonds. The summed E-state index contributed by atoms with van der Waals surface area (Å²) in [7, 11) is 2.12. The molecule has 0 aliphatic carbocycles. The number of nitrogens with zero attached hydrogens (tertiary/aromatic N) is 1. The van der Waals surface area contributed by atoms with E-state index in [1.54, 1.807) is 0 Å². The van der Waals surface area contributed by atoms with Gasteiger partial charge in [0, 0.05) is 19.3 Å². The van der Waals surface area contributed by atoms with E-state index in [9.17, 15) is 0 Å². The van der Waals surface area contributed by atoms with Gasteiger partial charge in [-0.1, -0.05) is 12.1 Å². The minimum atomic E-state index is 0.497. The van der Waals surface area contributed by atoms with Crippen LogP contribution in [0.1, 0.15) is 11.1 Å². The molecule has 1 aliphatic rings. The third-order valence-corrected chi connectivity index (χ3v) is 2.52. The second kappa shape index (κ2) is 3.36. The highest BCUT2D eigenvalue weighted by atomic mass is 16.6. The largest absolute Gasteiger partial charge is 0.374 e. The topological polar surface area (TPSA) is 38.5 Å². The van der Waals surface area contributed by atoms with Crippen LogP contribution in [0, 0.1) is 0 Å². The summed E-state index contributed by atoms with van der Waals surface area (Å²) in [6.45, 7) is 1.61. The predicted octanol–water partition coefficient (Wildman–Crippen LogP) is 1.07. The summed E-state index contributed by atoms with van der Waals surface area (Å²) in [5.41, 5.74) is 3.88. The molecule has 0 saturated heterocycles. The van der Waals surface area contributed by atoms with Crippen molar-refractivity contribution in [2.75, 3.05) is 18.5 Å². The highest BCUT2D eigenvalue weighted by molar-refractivity contribution is 5.58. The van der Waals surface area contributed by atoms with Crippen LogP contribution in [0.5, 0.6) is 0 Å². The van der Waals surface area contributed by atoms with Gasteiger partial charge in [-0.05, 0) is 23.6 Å². The van der Waals surface area contributed by atoms with Crippen LogP contribution in [0.3, 0.4) is 0 Å². The normalized spacial score (nSPS) is 14.8. The van der Waals surface area contributed by atoms with Crippen LogP contribution in [0.4, 0.5) is 5.69 Å². The molecule has 0 atom stereocenters. The van der Waals surface area contributed by atoms with Crippen molar-refractivity contribution in [3.63, 3.8) is 0 Å². The second-order valence-corrected chi connectivity index (χ2v) is 3.45. The molecule has 0 fully saturated rings. The molecule has 0 spiro atoms. The first kappa shape index (κ1) is 8.53. The highest BCUT2D eigenvalue weighted by Crippen LogP contribution is 2.27. The fourth-order valence-corrected chi connectivity index (χ4v) is 1.81. The maximum atomic E-state index is 5.02. The molecule has 3 nitrogen and oxygen atoms in total. The van der Waals surface area contributed by atoms with Crippen LogP contribution in [0.25, 0.3) is 0 Å². The molecule has 1 aromatic rings. The van der Waals surface area contributed by atoms with Crippen molar-refractivity contribution in [1.82, 2.24) is 0 Å². The summed E-state index contributed by atoms with van der Waals surface area (Å²) in [5, 5.41) is 0. The van der Waals surface area contributed by atoms with E-state index < -0.39 is 0 Å². The number of hydrogen-bond donors (Lipinski definition) is 1. The first-order valence-corrected chi connectivity index (χ1v) is 4.46. The molecule has 0 radical (unpaired) electrons. The van der Waals surface area contributed by atoms with Gasteiger partial charge in [-0.15, -0.1) is 0 Å². The lowest BCUT2D eigenvalue weighted by molar-refractivity contribution is 0.124. The molecule has 3 heteroatoms. The van der Waals surface area contributed by atoms with E-state index in [0.29, 0.717) is 6.61 Å². The predicted molar refractivity (Wildman–Crippen MR) is 52.4 cm³/mol. The van der Waals surface area contributed by atoms with E-state index >= 15 is 0 Å². The van der Waals surface area contributed by atoms with E-state index in [4.69, 9.17) is 5.90 Å². The van der Waals surface area contributed by atoms with Crippen molar-refractivity contribution >= 4 is 5.69 Å². The van der Waals surface area contributed by atoms with E-state index in [0.717, 1.165) is 18.5 Å². The van der Waals surface area contributed by atoms with E-state index in [1.807, 2.05) is 0 Å². The Morgan fingerprint density at radius 1 is 1.54 bits per heavy atom. The summed E-state index contributed by atoms with van der Waals surface area (Å²) >= 11 is 0. The average molecular weight is 178 g/mol. The maximum Gasteiger partial charge on any atom is 0.0930 e. The van der Waals surface area contributed by atoms with Crippen LogP contribution >= 0.6 is 0 Å². The summed E-state index contributed by atoms with van der Waals surface area (Å²) in [4.78, 5) is 6.87. The summed E-state index contributed by atoms with van der Waals surface area (Å²) in [6.07, 6.45) is 1.13. The van der Waals surface area contributed by atoms with E-state index in [2.05, 4.69) is 35.0 Å². The summed E-state index contributed by atoms with van der Waals surface area (Å²) < 4.78 is 0. The monoisotopic (exact) mass is 178 g/mol. The van der Waals surface area contributed by atoms with Crippen LogP contribution in [-0.2, 0) is 17.9 Å². The lowest BCUT2D eigenvalue weighted by atomic mass is 10.1. The van der Waals surface area contributed by atoms with Crippen molar-refractivity contribution in [3.8, 4) is 0 Å². The SMILES string of the molecule is CN1CCc2cc(CON)ccc21. The molecule has 1 aromatic carbocycles. The molecule has 0 unspecified atom stereocenters. The van der Waals surface area contributed by atoms with Gasteiger partial charge in [-0.25, -0.2) is 5.90 Å². The van der Waals surface area contributed by atoms with Gasteiger partial charge in [0.1, 0.15) is 0 Å². The quantitative estimate of drug-likeness (QED) is 0.688. The van der Waals surface area contributed by atoms with Crippen molar-refractivity contribution in [1.29, 1.82) is 0 Å². The zero-order chi connectivity index (χ0) is 9.26. The molecule has 2 N–H and O–H groups in total. The fourth-order valence-electron chi connectivity index (χ4n) is 1.81. The molecule has 2 rings (SSSR count). The Morgan fingerprint density at radius 2 is 2.38 bits per heavy atom.